The zero-order valence-corrected chi connectivity index (χ0v) is 10.8. The fourth-order valence-electron chi connectivity index (χ4n) is 2.63. The Kier molecular flexibility index (Phi) is 4.29. The van der Waals surface area contributed by atoms with Crippen molar-refractivity contribution in [2.24, 2.45) is 0 Å². The van der Waals surface area contributed by atoms with Gasteiger partial charge in [0.05, 0.1) is 11.4 Å². The number of benzene rings is 1. The Hall–Kier alpha value is -1.18. The lowest BCUT2D eigenvalue weighted by Crippen LogP contribution is -2.21. The lowest BCUT2D eigenvalue weighted by molar-refractivity contribution is 0.471. The van der Waals surface area contributed by atoms with Gasteiger partial charge in [0.2, 0.25) is 0 Å². The van der Waals surface area contributed by atoms with E-state index < -0.39 is 0 Å². The first-order valence-corrected chi connectivity index (χ1v) is 6.88. The van der Waals surface area contributed by atoms with Crippen LogP contribution in [0.4, 0.5) is 11.4 Å². The monoisotopic (exact) mass is 232 g/mol. The number of nitrogens with one attached hydrogen (secondary N) is 1. The van der Waals surface area contributed by atoms with Gasteiger partial charge < -0.3 is 11.1 Å². The highest BCUT2D eigenvalue weighted by atomic mass is 14.9. The molecule has 1 aromatic rings. The Morgan fingerprint density at radius 3 is 2.35 bits per heavy atom. The van der Waals surface area contributed by atoms with E-state index in [0.29, 0.717) is 6.04 Å². The molecule has 0 spiro atoms. The molecule has 0 atom stereocenters. The highest BCUT2D eigenvalue weighted by Gasteiger charge is 2.12. The maximum atomic E-state index is 6.05. The van der Waals surface area contributed by atoms with Crippen LogP contribution >= 0.6 is 0 Å². The summed E-state index contributed by atoms with van der Waals surface area (Å²) in [4.78, 5) is 0. The van der Waals surface area contributed by atoms with Crippen LogP contribution in [0.15, 0.2) is 18.2 Å². The molecule has 1 aromatic carbocycles. The second kappa shape index (κ2) is 5.95. The summed E-state index contributed by atoms with van der Waals surface area (Å²) in [7, 11) is 0. The fraction of sp³-hybridized carbons (Fsp3) is 0.600. The SMILES string of the molecule is Cc1ccc(NC2CCCCCCC2)c(N)c1. The summed E-state index contributed by atoms with van der Waals surface area (Å²) < 4.78 is 0. The molecule has 94 valence electrons. The lowest BCUT2D eigenvalue weighted by Gasteiger charge is -2.23. The molecule has 0 heterocycles. The number of nitrogen functional groups attached to an aromatic ring is 1. The average molecular weight is 232 g/mol. The Balaban J connectivity index is 1.98. The molecule has 0 radical (unpaired) electrons. The van der Waals surface area contributed by atoms with E-state index in [4.69, 9.17) is 5.73 Å². The van der Waals surface area contributed by atoms with Gasteiger partial charge in [0, 0.05) is 6.04 Å². The molecule has 2 heteroatoms. The first-order chi connectivity index (χ1) is 8.25. The summed E-state index contributed by atoms with van der Waals surface area (Å²) in [6.45, 7) is 2.08. The standard InChI is InChI=1S/C15H24N2/c1-12-9-10-15(14(16)11-12)17-13-7-5-3-2-4-6-8-13/h9-11,13,17H,2-8,16H2,1H3. The van der Waals surface area contributed by atoms with Gasteiger partial charge >= 0.3 is 0 Å². The van der Waals surface area contributed by atoms with Gasteiger partial charge in [-0.1, -0.05) is 38.2 Å². The normalized spacial score (nSPS) is 18.4. The largest absolute Gasteiger partial charge is 0.397 e. The quantitative estimate of drug-likeness (QED) is 0.753. The highest BCUT2D eigenvalue weighted by molar-refractivity contribution is 5.67. The first kappa shape index (κ1) is 12.3. The van der Waals surface area contributed by atoms with Crippen LogP contribution in [-0.4, -0.2) is 6.04 Å². The van der Waals surface area contributed by atoms with Gasteiger partial charge in [-0.15, -0.1) is 0 Å². The smallest absolute Gasteiger partial charge is 0.0576 e. The summed E-state index contributed by atoms with van der Waals surface area (Å²) in [5.41, 5.74) is 9.27. The molecule has 1 aliphatic carbocycles. The van der Waals surface area contributed by atoms with Crippen molar-refractivity contribution < 1.29 is 0 Å². The van der Waals surface area contributed by atoms with Crippen molar-refractivity contribution in [2.45, 2.75) is 57.9 Å². The third kappa shape index (κ3) is 3.65. The molecule has 0 unspecified atom stereocenters. The lowest BCUT2D eigenvalue weighted by atomic mass is 9.96. The van der Waals surface area contributed by atoms with Crippen molar-refractivity contribution in [1.82, 2.24) is 0 Å². The third-order valence-electron chi connectivity index (χ3n) is 3.67. The van der Waals surface area contributed by atoms with Crippen molar-refractivity contribution in [2.75, 3.05) is 11.1 Å². The Labute approximate surface area is 105 Å². The first-order valence-electron chi connectivity index (χ1n) is 6.88. The van der Waals surface area contributed by atoms with E-state index in [9.17, 15) is 0 Å². The zero-order chi connectivity index (χ0) is 12.1. The Morgan fingerprint density at radius 1 is 1.06 bits per heavy atom. The van der Waals surface area contributed by atoms with Crippen LogP contribution in [0, 0.1) is 6.92 Å². The number of rotatable bonds is 2. The van der Waals surface area contributed by atoms with Crippen molar-refractivity contribution >= 4 is 11.4 Å². The van der Waals surface area contributed by atoms with Crippen LogP contribution in [-0.2, 0) is 0 Å². The van der Waals surface area contributed by atoms with Crippen molar-refractivity contribution in [1.29, 1.82) is 0 Å². The minimum atomic E-state index is 0.611. The van der Waals surface area contributed by atoms with Crippen LogP contribution in [0.1, 0.15) is 50.5 Å². The summed E-state index contributed by atoms with van der Waals surface area (Å²) in [5, 5.41) is 3.62. The van der Waals surface area contributed by atoms with Crippen molar-refractivity contribution in [3.8, 4) is 0 Å². The number of hydrogen-bond donors (Lipinski definition) is 2. The summed E-state index contributed by atoms with van der Waals surface area (Å²) in [6.07, 6.45) is 9.47. The van der Waals surface area contributed by atoms with Gasteiger partial charge in [-0.05, 0) is 37.5 Å². The molecule has 2 rings (SSSR count). The topological polar surface area (TPSA) is 38.0 Å². The second-order valence-corrected chi connectivity index (χ2v) is 5.28. The number of hydrogen-bond acceptors (Lipinski definition) is 2. The Morgan fingerprint density at radius 2 is 1.71 bits per heavy atom. The minimum absolute atomic E-state index is 0.611. The molecule has 1 fully saturated rings. The maximum Gasteiger partial charge on any atom is 0.0576 e. The summed E-state index contributed by atoms with van der Waals surface area (Å²) >= 11 is 0. The molecule has 17 heavy (non-hydrogen) atoms. The fourth-order valence-corrected chi connectivity index (χ4v) is 2.63. The molecular formula is C15H24N2. The summed E-state index contributed by atoms with van der Waals surface area (Å²) in [6, 6.07) is 6.90. The highest BCUT2D eigenvalue weighted by Crippen LogP contribution is 2.24. The van der Waals surface area contributed by atoms with Crippen molar-refractivity contribution in [3.63, 3.8) is 0 Å². The molecule has 0 amide bonds. The van der Waals surface area contributed by atoms with Gasteiger partial charge in [-0.25, -0.2) is 0 Å². The zero-order valence-electron chi connectivity index (χ0n) is 10.8. The van der Waals surface area contributed by atoms with Gasteiger partial charge in [-0.3, -0.25) is 0 Å². The molecule has 3 N–H and O–H groups in total. The van der Waals surface area contributed by atoms with Gasteiger partial charge in [0.15, 0.2) is 0 Å². The van der Waals surface area contributed by atoms with Gasteiger partial charge in [0.25, 0.3) is 0 Å². The second-order valence-electron chi connectivity index (χ2n) is 5.28. The number of aryl methyl sites for hydroxylation is 1. The van der Waals surface area contributed by atoms with Crippen LogP contribution in [0.2, 0.25) is 0 Å². The molecule has 1 aliphatic rings. The van der Waals surface area contributed by atoms with Crippen molar-refractivity contribution in [3.05, 3.63) is 23.8 Å². The average Bonchev–Trinajstić information content (AvgIpc) is 2.25. The predicted molar refractivity (Wildman–Crippen MR) is 75.3 cm³/mol. The van der Waals surface area contributed by atoms with E-state index in [1.54, 1.807) is 0 Å². The van der Waals surface area contributed by atoms with Gasteiger partial charge in [-0.2, -0.15) is 0 Å². The summed E-state index contributed by atoms with van der Waals surface area (Å²) in [5.74, 6) is 0. The van der Waals surface area contributed by atoms with E-state index in [-0.39, 0.29) is 0 Å². The molecular weight excluding hydrogens is 208 g/mol. The Bertz CT molecular complexity index is 352. The van der Waals surface area contributed by atoms with E-state index in [1.807, 2.05) is 6.07 Å². The van der Waals surface area contributed by atoms with Crippen LogP contribution < -0.4 is 11.1 Å². The number of anilines is 2. The molecule has 0 bridgehead atoms. The van der Waals surface area contributed by atoms with Gasteiger partial charge in [0.1, 0.15) is 0 Å². The van der Waals surface area contributed by atoms with Crippen LogP contribution in [0.3, 0.4) is 0 Å². The van der Waals surface area contributed by atoms with E-state index in [0.717, 1.165) is 11.4 Å². The molecule has 0 aromatic heterocycles. The van der Waals surface area contributed by atoms with E-state index in [2.05, 4.69) is 24.4 Å². The molecule has 1 saturated carbocycles. The molecule has 2 nitrogen and oxygen atoms in total. The molecule has 0 aliphatic heterocycles. The third-order valence-corrected chi connectivity index (χ3v) is 3.67. The maximum absolute atomic E-state index is 6.05. The minimum Gasteiger partial charge on any atom is -0.397 e. The molecule has 0 saturated heterocycles. The predicted octanol–water partition coefficient (Wildman–Crippen LogP) is 4.10. The van der Waals surface area contributed by atoms with Crippen LogP contribution in [0.5, 0.6) is 0 Å². The van der Waals surface area contributed by atoms with E-state index in [1.165, 1.54) is 50.5 Å². The number of nitrogens with two attached hydrogens (primary N) is 1. The van der Waals surface area contributed by atoms with Crippen LogP contribution in [0.25, 0.3) is 0 Å². The van der Waals surface area contributed by atoms with E-state index >= 15 is 0 Å².